The summed E-state index contributed by atoms with van der Waals surface area (Å²) in [5, 5.41) is 17.0. The maximum atomic E-state index is 8.49. The lowest BCUT2D eigenvalue weighted by Crippen LogP contribution is -2.30. The summed E-state index contributed by atoms with van der Waals surface area (Å²) >= 11 is 0. The Kier molecular flexibility index (Phi) is 5.52. The molecule has 0 amide bonds. The van der Waals surface area contributed by atoms with Gasteiger partial charge in [0.25, 0.3) is 0 Å². The van der Waals surface area contributed by atoms with Gasteiger partial charge in [-0.05, 0) is 12.8 Å². The Hall–Kier alpha value is -0.160. The summed E-state index contributed by atoms with van der Waals surface area (Å²) in [7, 11) is 0. The largest absolute Gasteiger partial charge is 0.395 e. The molecule has 0 aliphatic rings. The van der Waals surface area contributed by atoms with Gasteiger partial charge in [0.15, 0.2) is 0 Å². The minimum absolute atomic E-state index is 0.0157. The summed E-state index contributed by atoms with van der Waals surface area (Å²) in [4.78, 5) is 0. The molecule has 10 heavy (non-hydrogen) atoms. The molecule has 0 aromatic carbocycles. The van der Waals surface area contributed by atoms with Crippen molar-refractivity contribution in [2.45, 2.75) is 24.9 Å². The molecule has 0 aromatic rings. The standard InChI is InChI=1S/C6H16N2O2/c7-5(3-9)1-2-6(8)4-10/h5-6,9-10H,1-4,7-8H2. The van der Waals surface area contributed by atoms with Crippen LogP contribution >= 0.6 is 0 Å². The van der Waals surface area contributed by atoms with Gasteiger partial charge in [-0.3, -0.25) is 0 Å². The Morgan fingerprint density at radius 2 is 1.20 bits per heavy atom. The molecule has 0 saturated heterocycles. The lowest BCUT2D eigenvalue weighted by molar-refractivity contribution is 0.235. The van der Waals surface area contributed by atoms with E-state index in [4.69, 9.17) is 21.7 Å². The maximum absolute atomic E-state index is 8.49. The van der Waals surface area contributed by atoms with Gasteiger partial charge >= 0.3 is 0 Å². The fourth-order valence-electron chi connectivity index (χ4n) is 0.611. The maximum Gasteiger partial charge on any atom is 0.0582 e. The highest BCUT2D eigenvalue weighted by Crippen LogP contribution is 1.96. The molecule has 0 rings (SSSR count). The van der Waals surface area contributed by atoms with Crippen LogP contribution < -0.4 is 11.5 Å². The average Bonchev–Trinajstić information content (AvgIpc) is 1.99. The second kappa shape index (κ2) is 5.61. The Balaban J connectivity index is 3.17. The monoisotopic (exact) mass is 148 g/mol. The van der Waals surface area contributed by atoms with Gasteiger partial charge < -0.3 is 21.7 Å². The Morgan fingerprint density at radius 3 is 1.40 bits per heavy atom. The van der Waals surface area contributed by atoms with Crippen LogP contribution in [0.3, 0.4) is 0 Å². The molecule has 0 saturated carbocycles. The zero-order chi connectivity index (χ0) is 7.98. The molecule has 0 aliphatic carbocycles. The number of hydrogen-bond donors (Lipinski definition) is 4. The van der Waals surface area contributed by atoms with E-state index < -0.39 is 0 Å². The van der Waals surface area contributed by atoms with Crippen LogP contribution in [0.25, 0.3) is 0 Å². The Morgan fingerprint density at radius 1 is 0.900 bits per heavy atom. The topological polar surface area (TPSA) is 92.5 Å². The first-order chi connectivity index (χ1) is 4.70. The summed E-state index contributed by atoms with van der Waals surface area (Å²) in [5.41, 5.74) is 10.8. The molecule has 4 nitrogen and oxygen atoms in total. The second-order valence-electron chi connectivity index (χ2n) is 2.46. The van der Waals surface area contributed by atoms with E-state index >= 15 is 0 Å². The van der Waals surface area contributed by atoms with Crippen LogP contribution in [0.15, 0.2) is 0 Å². The normalized spacial score (nSPS) is 16.8. The molecule has 2 atom stereocenters. The zero-order valence-electron chi connectivity index (χ0n) is 6.03. The van der Waals surface area contributed by atoms with Crippen LogP contribution in [-0.2, 0) is 0 Å². The molecule has 0 radical (unpaired) electrons. The van der Waals surface area contributed by atoms with Gasteiger partial charge in [-0.25, -0.2) is 0 Å². The van der Waals surface area contributed by atoms with Gasteiger partial charge in [-0.1, -0.05) is 0 Å². The van der Waals surface area contributed by atoms with Crippen molar-refractivity contribution in [2.24, 2.45) is 11.5 Å². The Labute approximate surface area is 60.8 Å². The first kappa shape index (κ1) is 9.84. The van der Waals surface area contributed by atoms with Gasteiger partial charge in [-0.15, -0.1) is 0 Å². The molecule has 4 heteroatoms. The molecule has 6 N–H and O–H groups in total. The van der Waals surface area contributed by atoms with Gasteiger partial charge in [0.1, 0.15) is 0 Å². The van der Waals surface area contributed by atoms with Crippen LogP contribution in [-0.4, -0.2) is 35.5 Å². The quantitative estimate of drug-likeness (QED) is 0.378. The van der Waals surface area contributed by atoms with Crippen LogP contribution in [0.5, 0.6) is 0 Å². The first-order valence-corrected chi connectivity index (χ1v) is 3.43. The molecule has 62 valence electrons. The molecule has 0 fully saturated rings. The predicted octanol–water partition coefficient (Wildman–Crippen LogP) is -1.59. The van der Waals surface area contributed by atoms with Crippen LogP contribution in [0.2, 0.25) is 0 Å². The van der Waals surface area contributed by atoms with Crippen molar-refractivity contribution in [3.05, 3.63) is 0 Å². The highest BCUT2D eigenvalue weighted by Gasteiger charge is 2.04. The van der Waals surface area contributed by atoms with E-state index in [-0.39, 0.29) is 25.3 Å². The molecule has 0 aliphatic heterocycles. The highest BCUT2D eigenvalue weighted by atomic mass is 16.3. The number of aliphatic hydroxyl groups excluding tert-OH is 2. The van der Waals surface area contributed by atoms with Crippen molar-refractivity contribution in [3.8, 4) is 0 Å². The minimum Gasteiger partial charge on any atom is -0.395 e. The number of rotatable bonds is 5. The van der Waals surface area contributed by atoms with E-state index in [1.807, 2.05) is 0 Å². The van der Waals surface area contributed by atoms with Crippen LogP contribution in [0.1, 0.15) is 12.8 Å². The molecule has 0 bridgehead atoms. The van der Waals surface area contributed by atoms with Crippen molar-refractivity contribution in [2.75, 3.05) is 13.2 Å². The lowest BCUT2D eigenvalue weighted by Gasteiger charge is -2.10. The van der Waals surface area contributed by atoms with E-state index in [2.05, 4.69) is 0 Å². The van der Waals surface area contributed by atoms with Gasteiger partial charge in [0, 0.05) is 12.1 Å². The highest BCUT2D eigenvalue weighted by molar-refractivity contribution is 4.65. The van der Waals surface area contributed by atoms with E-state index in [0.29, 0.717) is 12.8 Å². The fraction of sp³-hybridized carbons (Fsp3) is 1.00. The zero-order valence-corrected chi connectivity index (χ0v) is 6.03. The van der Waals surface area contributed by atoms with E-state index in [9.17, 15) is 0 Å². The van der Waals surface area contributed by atoms with Crippen molar-refractivity contribution in [1.82, 2.24) is 0 Å². The summed E-state index contributed by atoms with van der Waals surface area (Å²) in [6.45, 7) is -0.0315. The van der Waals surface area contributed by atoms with Crippen molar-refractivity contribution in [3.63, 3.8) is 0 Å². The molecular formula is C6H16N2O2. The molecule has 0 spiro atoms. The number of hydrogen-bond acceptors (Lipinski definition) is 4. The molecule has 0 heterocycles. The molecule has 2 unspecified atom stereocenters. The van der Waals surface area contributed by atoms with Gasteiger partial charge in [-0.2, -0.15) is 0 Å². The van der Waals surface area contributed by atoms with E-state index in [0.717, 1.165) is 0 Å². The Bertz CT molecular complexity index is 70.1. The number of aliphatic hydroxyl groups is 2. The number of nitrogens with two attached hydrogens (primary N) is 2. The first-order valence-electron chi connectivity index (χ1n) is 3.43. The van der Waals surface area contributed by atoms with E-state index in [1.54, 1.807) is 0 Å². The SMILES string of the molecule is NC(CO)CCC(N)CO. The minimum atomic E-state index is -0.197. The third kappa shape index (κ3) is 4.69. The summed E-state index contributed by atoms with van der Waals surface area (Å²) < 4.78 is 0. The van der Waals surface area contributed by atoms with E-state index in [1.165, 1.54) is 0 Å². The third-order valence-corrected chi connectivity index (χ3v) is 1.38. The van der Waals surface area contributed by atoms with Crippen LogP contribution in [0, 0.1) is 0 Å². The second-order valence-corrected chi connectivity index (χ2v) is 2.46. The third-order valence-electron chi connectivity index (χ3n) is 1.38. The molecule has 0 aromatic heterocycles. The smallest absolute Gasteiger partial charge is 0.0582 e. The van der Waals surface area contributed by atoms with Crippen molar-refractivity contribution in [1.29, 1.82) is 0 Å². The fourth-order valence-corrected chi connectivity index (χ4v) is 0.611. The average molecular weight is 148 g/mol. The van der Waals surface area contributed by atoms with Gasteiger partial charge in [0.2, 0.25) is 0 Å². The predicted molar refractivity (Wildman–Crippen MR) is 39.4 cm³/mol. The lowest BCUT2D eigenvalue weighted by atomic mass is 10.1. The summed E-state index contributed by atoms with van der Waals surface area (Å²) in [5.74, 6) is 0. The van der Waals surface area contributed by atoms with Crippen molar-refractivity contribution >= 4 is 0 Å². The molecular weight excluding hydrogens is 132 g/mol. The van der Waals surface area contributed by atoms with Gasteiger partial charge in [0.05, 0.1) is 13.2 Å². The van der Waals surface area contributed by atoms with Crippen LogP contribution in [0.4, 0.5) is 0 Å². The summed E-state index contributed by atoms with van der Waals surface area (Å²) in [6, 6.07) is -0.393. The summed E-state index contributed by atoms with van der Waals surface area (Å²) in [6.07, 6.45) is 1.33. The van der Waals surface area contributed by atoms with Crippen molar-refractivity contribution < 1.29 is 10.2 Å².